The summed E-state index contributed by atoms with van der Waals surface area (Å²) in [5, 5.41) is 2.89. The van der Waals surface area contributed by atoms with Crippen LogP contribution in [0.25, 0.3) is 0 Å². The van der Waals surface area contributed by atoms with Gasteiger partial charge < -0.3 is 10.1 Å². The zero-order chi connectivity index (χ0) is 20.6. The van der Waals surface area contributed by atoms with E-state index in [-0.39, 0.29) is 23.8 Å². The number of hydrogen-bond donors (Lipinski definition) is 1. The van der Waals surface area contributed by atoms with Gasteiger partial charge in [-0.1, -0.05) is 42.1 Å². The molecule has 5 nitrogen and oxygen atoms in total. The van der Waals surface area contributed by atoms with Crippen molar-refractivity contribution in [3.05, 3.63) is 59.8 Å². The smallest absolute Gasteiger partial charge is 0.417 e. The molecule has 1 aromatic heterocycles. The van der Waals surface area contributed by atoms with E-state index in [2.05, 4.69) is 10.3 Å². The maximum atomic E-state index is 12.5. The minimum Gasteiger partial charge on any atom is -0.464 e. The van der Waals surface area contributed by atoms with Crippen LogP contribution >= 0.6 is 11.8 Å². The van der Waals surface area contributed by atoms with E-state index in [1.165, 1.54) is 6.07 Å². The lowest BCUT2D eigenvalue weighted by atomic mass is 10.1. The number of amides is 1. The average Bonchev–Trinajstić information content (AvgIpc) is 2.66. The quantitative estimate of drug-likeness (QED) is 0.531. The van der Waals surface area contributed by atoms with Crippen LogP contribution < -0.4 is 5.32 Å². The Morgan fingerprint density at radius 3 is 2.46 bits per heavy atom. The van der Waals surface area contributed by atoms with Crippen molar-refractivity contribution >= 4 is 23.6 Å². The third-order valence-corrected chi connectivity index (χ3v) is 4.55. The van der Waals surface area contributed by atoms with E-state index >= 15 is 0 Å². The predicted octanol–water partition coefficient (Wildman–Crippen LogP) is 3.48. The van der Waals surface area contributed by atoms with Crippen LogP contribution in [0.4, 0.5) is 13.2 Å². The predicted molar refractivity (Wildman–Crippen MR) is 98.7 cm³/mol. The van der Waals surface area contributed by atoms with Crippen molar-refractivity contribution < 1.29 is 27.5 Å². The summed E-state index contributed by atoms with van der Waals surface area (Å²) >= 11 is 0.979. The summed E-state index contributed by atoms with van der Waals surface area (Å²) in [5.74, 6) is -1.08. The Labute approximate surface area is 164 Å². The maximum Gasteiger partial charge on any atom is 0.417 e. The number of carbonyl (C=O) groups excluding carboxylic acids is 2. The number of nitrogens with one attached hydrogen (secondary N) is 1. The molecule has 2 aromatic rings. The molecule has 1 aromatic carbocycles. The van der Waals surface area contributed by atoms with Gasteiger partial charge in [-0.3, -0.25) is 4.79 Å². The number of carbonyl (C=O) groups is 2. The summed E-state index contributed by atoms with van der Waals surface area (Å²) < 4.78 is 42.6. The number of esters is 1. The minimum atomic E-state index is -4.46. The monoisotopic (exact) mass is 412 g/mol. The van der Waals surface area contributed by atoms with Crippen molar-refractivity contribution in [2.75, 3.05) is 12.4 Å². The first-order chi connectivity index (χ1) is 13.3. The highest BCUT2D eigenvalue weighted by molar-refractivity contribution is 7.99. The number of ether oxygens (including phenoxy) is 1. The highest BCUT2D eigenvalue weighted by Gasteiger charge is 2.30. The largest absolute Gasteiger partial charge is 0.464 e. The first-order valence-electron chi connectivity index (χ1n) is 8.45. The lowest BCUT2D eigenvalue weighted by molar-refractivity contribution is -0.147. The van der Waals surface area contributed by atoms with Crippen LogP contribution in [-0.2, 0) is 26.9 Å². The molecular formula is C19H19F3N2O3S. The summed E-state index contributed by atoms with van der Waals surface area (Å²) in [6, 6.07) is 10.4. The molecule has 9 heteroatoms. The number of halogens is 3. The minimum absolute atomic E-state index is 0.0942. The van der Waals surface area contributed by atoms with Crippen LogP contribution in [-0.4, -0.2) is 35.3 Å². The first-order valence-corrected chi connectivity index (χ1v) is 9.44. The SMILES string of the molecule is CCOC(=O)C(Cc1ccccc1)NC(=O)CSc1ccc(C(F)(F)F)cn1. The molecular weight excluding hydrogens is 393 g/mol. The van der Waals surface area contributed by atoms with Crippen LogP contribution in [0.15, 0.2) is 53.7 Å². The fraction of sp³-hybridized carbons (Fsp3) is 0.316. The van der Waals surface area contributed by atoms with Gasteiger partial charge in [-0.25, -0.2) is 9.78 Å². The van der Waals surface area contributed by atoms with Gasteiger partial charge in [0.2, 0.25) is 5.91 Å². The molecule has 1 heterocycles. The Kier molecular flexibility index (Phi) is 7.86. The number of benzene rings is 1. The number of thioether (sulfide) groups is 1. The number of aromatic nitrogens is 1. The summed E-state index contributed by atoms with van der Waals surface area (Å²) in [4.78, 5) is 28.0. The Morgan fingerprint density at radius 2 is 1.89 bits per heavy atom. The van der Waals surface area contributed by atoms with E-state index in [9.17, 15) is 22.8 Å². The molecule has 28 heavy (non-hydrogen) atoms. The number of nitrogens with zero attached hydrogens (tertiary/aromatic N) is 1. The van der Waals surface area contributed by atoms with E-state index in [0.717, 1.165) is 29.6 Å². The zero-order valence-corrected chi connectivity index (χ0v) is 15.8. The molecule has 1 unspecified atom stereocenters. The van der Waals surface area contributed by atoms with E-state index in [0.29, 0.717) is 0 Å². The fourth-order valence-electron chi connectivity index (χ4n) is 2.29. The van der Waals surface area contributed by atoms with Crippen molar-refractivity contribution in [1.82, 2.24) is 10.3 Å². The van der Waals surface area contributed by atoms with Crippen LogP contribution in [0.3, 0.4) is 0 Å². The van der Waals surface area contributed by atoms with E-state index in [4.69, 9.17) is 4.74 Å². The van der Waals surface area contributed by atoms with Crippen LogP contribution in [0.2, 0.25) is 0 Å². The second-order valence-corrected chi connectivity index (χ2v) is 6.73. The van der Waals surface area contributed by atoms with Gasteiger partial charge in [0.25, 0.3) is 0 Å². The van der Waals surface area contributed by atoms with E-state index in [1.807, 2.05) is 30.3 Å². The number of pyridine rings is 1. The Hall–Kier alpha value is -2.55. The summed E-state index contributed by atoms with van der Waals surface area (Å²) in [6.07, 6.45) is -3.47. The maximum absolute atomic E-state index is 12.5. The molecule has 0 aliphatic rings. The van der Waals surface area contributed by atoms with Gasteiger partial charge in [0.05, 0.1) is 22.9 Å². The van der Waals surface area contributed by atoms with Crippen LogP contribution in [0.5, 0.6) is 0 Å². The van der Waals surface area contributed by atoms with Gasteiger partial charge >= 0.3 is 12.1 Å². The number of rotatable bonds is 8. The molecule has 0 fully saturated rings. The molecule has 1 amide bonds. The van der Waals surface area contributed by atoms with Crippen LogP contribution in [0.1, 0.15) is 18.1 Å². The zero-order valence-electron chi connectivity index (χ0n) is 15.0. The Morgan fingerprint density at radius 1 is 1.18 bits per heavy atom. The molecule has 0 bridgehead atoms. The summed E-state index contributed by atoms with van der Waals surface area (Å²) in [6.45, 7) is 1.86. The van der Waals surface area contributed by atoms with E-state index in [1.54, 1.807) is 6.92 Å². The standard InChI is InChI=1S/C19H19F3N2O3S/c1-2-27-18(26)15(10-13-6-4-3-5-7-13)24-16(25)12-28-17-9-8-14(11-23-17)19(20,21)22/h3-9,11,15H,2,10,12H2,1H3,(H,24,25). The highest BCUT2D eigenvalue weighted by atomic mass is 32.2. The molecule has 150 valence electrons. The van der Waals surface area contributed by atoms with Gasteiger partial charge in [0, 0.05) is 12.6 Å². The Balaban J connectivity index is 1.94. The molecule has 0 aliphatic heterocycles. The molecule has 0 saturated heterocycles. The van der Waals surface area contributed by atoms with Gasteiger partial charge in [0.15, 0.2) is 0 Å². The van der Waals surface area contributed by atoms with Crippen LogP contribution in [0, 0.1) is 0 Å². The Bertz CT molecular complexity index is 783. The molecule has 0 spiro atoms. The molecule has 0 aliphatic carbocycles. The van der Waals surface area contributed by atoms with Crippen molar-refractivity contribution in [1.29, 1.82) is 0 Å². The van der Waals surface area contributed by atoms with Gasteiger partial charge in [-0.05, 0) is 24.6 Å². The number of hydrogen-bond acceptors (Lipinski definition) is 5. The highest BCUT2D eigenvalue weighted by Crippen LogP contribution is 2.29. The average molecular weight is 412 g/mol. The van der Waals surface area contributed by atoms with Crippen molar-refractivity contribution in [3.63, 3.8) is 0 Å². The topological polar surface area (TPSA) is 68.3 Å². The van der Waals surface area contributed by atoms with Gasteiger partial charge in [-0.15, -0.1) is 0 Å². The fourth-order valence-corrected chi connectivity index (χ4v) is 2.95. The van der Waals surface area contributed by atoms with E-state index < -0.39 is 29.7 Å². The number of alkyl halides is 3. The molecule has 2 rings (SSSR count). The van der Waals surface area contributed by atoms with Gasteiger partial charge in [-0.2, -0.15) is 13.2 Å². The second-order valence-electron chi connectivity index (χ2n) is 5.73. The summed E-state index contributed by atoms with van der Waals surface area (Å²) in [7, 11) is 0. The lowest BCUT2D eigenvalue weighted by Crippen LogP contribution is -2.44. The first kappa shape index (κ1) is 21.7. The normalized spacial score (nSPS) is 12.3. The molecule has 0 radical (unpaired) electrons. The van der Waals surface area contributed by atoms with Crippen molar-refractivity contribution in [3.8, 4) is 0 Å². The third-order valence-electron chi connectivity index (χ3n) is 3.60. The van der Waals surface area contributed by atoms with Gasteiger partial charge in [0.1, 0.15) is 6.04 Å². The second kappa shape index (κ2) is 10.1. The lowest BCUT2D eigenvalue weighted by Gasteiger charge is -2.17. The summed E-state index contributed by atoms with van der Waals surface area (Å²) in [5.41, 5.74) is 0.00412. The van der Waals surface area contributed by atoms with Crippen molar-refractivity contribution in [2.45, 2.75) is 30.6 Å². The molecule has 0 saturated carbocycles. The third kappa shape index (κ3) is 6.88. The van der Waals surface area contributed by atoms with Crippen molar-refractivity contribution in [2.24, 2.45) is 0 Å². The molecule has 1 N–H and O–H groups in total. The molecule has 1 atom stereocenters.